The maximum absolute atomic E-state index is 5.94. The topological polar surface area (TPSA) is 9.23 Å². The molecule has 0 radical (unpaired) electrons. The summed E-state index contributed by atoms with van der Waals surface area (Å²) < 4.78 is 5.94. The molecule has 1 saturated carbocycles. The third-order valence-corrected chi connectivity index (χ3v) is 3.71. The van der Waals surface area contributed by atoms with Gasteiger partial charge in [-0.3, -0.25) is 0 Å². The van der Waals surface area contributed by atoms with Gasteiger partial charge in [0.05, 0.1) is 6.10 Å². The summed E-state index contributed by atoms with van der Waals surface area (Å²) in [6, 6.07) is 7.70. The minimum atomic E-state index is 0.390. The molecule has 1 fully saturated rings. The van der Waals surface area contributed by atoms with Crippen LogP contribution in [-0.2, 0) is 0 Å². The van der Waals surface area contributed by atoms with Crippen LogP contribution in [0.5, 0.6) is 5.75 Å². The fourth-order valence-electron chi connectivity index (χ4n) is 2.39. The SMILES string of the molecule is CCC1CCC(Oc2cccc(Cl)c2)CC1. The van der Waals surface area contributed by atoms with E-state index in [2.05, 4.69) is 6.92 Å². The number of halogens is 1. The van der Waals surface area contributed by atoms with Crippen molar-refractivity contribution in [1.29, 1.82) is 0 Å². The number of hydrogen-bond donors (Lipinski definition) is 0. The molecule has 0 saturated heterocycles. The molecule has 0 aromatic heterocycles. The highest BCUT2D eigenvalue weighted by molar-refractivity contribution is 6.30. The van der Waals surface area contributed by atoms with Crippen molar-refractivity contribution in [2.75, 3.05) is 0 Å². The lowest BCUT2D eigenvalue weighted by Gasteiger charge is -2.28. The molecule has 1 aromatic carbocycles. The maximum Gasteiger partial charge on any atom is 0.121 e. The first-order valence-electron chi connectivity index (χ1n) is 6.20. The van der Waals surface area contributed by atoms with E-state index in [1.54, 1.807) is 0 Å². The predicted molar refractivity (Wildman–Crippen MR) is 68.1 cm³/mol. The van der Waals surface area contributed by atoms with E-state index >= 15 is 0 Å². The van der Waals surface area contributed by atoms with Crippen molar-refractivity contribution in [3.05, 3.63) is 29.3 Å². The molecule has 1 nitrogen and oxygen atoms in total. The minimum Gasteiger partial charge on any atom is -0.490 e. The molecule has 0 amide bonds. The summed E-state index contributed by atoms with van der Waals surface area (Å²) in [6.07, 6.45) is 6.69. The average molecular weight is 239 g/mol. The van der Waals surface area contributed by atoms with Crippen LogP contribution in [0.3, 0.4) is 0 Å². The van der Waals surface area contributed by atoms with E-state index in [1.807, 2.05) is 24.3 Å². The highest BCUT2D eigenvalue weighted by atomic mass is 35.5. The first-order chi connectivity index (χ1) is 7.78. The van der Waals surface area contributed by atoms with Gasteiger partial charge in [0.15, 0.2) is 0 Å². The van der Waals surface area contributed by atoms with Crippen molar-refractivity contribution < 1.29 is 4.74 Å². The monoisotopic (exact) mass is 238 g/mol. The Labute approximate surface area is 103 Å². The number of hydrogen-bond acceptors (Lipinski definition) is 1. The van der Waals surface area contributed by atoms with Gasteiger partial charge in [0.2, 0.25) is 0 Å². The van der Waals surface area contributed by atoms with Crippen LogP contribution in [0.15, 0.2) is 24.3 Å². The van der Waals surface area contributed by atoms with E-state index < -0.39 is 0 Å². The summed E-state index contributed by atoms with van der Waals surface area (Å²) in [5.41, 5.74) is 0. The normalized spacial score (nSPS) is 25.4. The standard InChI is InChI=1S/C14H19ClO/c1-2-11-6-8-13(9-7-11)16-14-5-3-4-12(15)10-14/h3-5,10-11,13H,2,6-9H2,1H3. The summed E-state index contributed by atoms with van der Waals surface area (Å²) in [6.45, 7) is 2.28. The Hall–Kier alpha value is -0.690. The van der Waals surface area contributed by atoms with Gasteiger partial charge in [-0.05, 0) is 49.8 Å². The van der Waals surface area contributed by atoms with E-state index in [4.69, 9.17) is 16.3 Å². The Bertz CT molecular complexity index is 329. The zero-order valence-corrected chi connectivity index (χ0v) is 10.5. The highest BCUT2D eigenvalue weighted by Gasteiger charge is 2.21. The van der Waals surface area contributed by atoms with Crippen LogP contribution in [0, 0.1) is 5.92 Å². The Kier molecular flexibility index (Phi) is 4.11. The molecule has 0 heterocycles. The van der Waals surface area contributed by atoms with Crippen LogP contribution < -0.4 is 4.74 Å². The molecule has 1 aromatic rings. The summed E-state index contributed by atoms with van der Waals surface area (Å²) in [4.78, 5) is 0. The van der Waals surface area contributed by atoms with Crippen LogP contribution in [0.2, 0.25) is 5.02 Å². The molecule has 2 rings (SSSR count). The van der Waals surface area contributed by atoms with E-state index in [0.717, 1.165) is 16.7 Å². The van der Waals surface area contributed by atoms with Crippen molar-refractivity contribution in [2.24, 2.45) is 5.92 Å². The van der Waals surface area contributed by atoms with Crippen molar-refractivity contribution >= 4 is 11.6 Å². The minimum absolute atomic E-state index is 0.390. The molecule has 0 unspecified atom stereocenters. The summed E-state index contributed by atoms with van der Waals surface area (Å²) in [7, 11) is 0. The molecular formula is C14H19ClO. The first kappa shape index (κ1) is 11.8. The summed E-state index contributed by atoms with van der Waals surface area (Å²) in [5, 5.41) is 0.750. The van der Waals surface area contributed by atoms with Crippen molar-refractivity contribution in [3.8, 4) is 5.75 Å². The predicted octanol–water partition coefficient (Wildman–Crippen LogP) is 4.69. The van der Waals surface area contributed by atoms with Gasteiger partial charge in [-0.1, -0.05) is 31.0 Å². The third-order valence-electron chi connectivity index (χ3n) is 3.47. The molecule has 0 aliphatic heterocycles. The van der Waals surface area contributed by atoms with E-state index in [9.17, 15) is 0 Å². The Balaban J connectivity index is 1.87. The summed E-state index contributed by atoms with van der Waals surface area (Å²) in [5.74, 6) is 1.83. The second-order valence-electron chi connectivity index (χ2n) is 4.63. The molecule has 0 spiro atoms. The molecule has 0 bridgehead atoms. The zero-order chi connectivity index (χ0) is 11.4. The number of ether oxygens (including phenoxy) is 1. The van der Waals surface area contributed by atoms with Crippen molar-refractivity contribution in [1.82, 2.24) is 0 Å². The van der Waals surface area contributed by atoms with Crippen LogP contribution in [-0.4, -0.2) is 6.10 Å². The molecule has 1 aliphatic carbocycles. The lowest BCUT2D eigenvalue weighted by atomic mass is 9.86. The lowest BCUT2D eigenvalue weighted by Crippen LogP contribution is -2.23. The van der Waals surface area contributed by atoms with Gasteiger partial charge < -0.3 is 4.74 Å². The van der Waals surface area contributed by atoms with Gasteiger partial charge in [0.25, 0.3) is 0 Å². The van der Waals surface area contributed by atoms with Crippen LogP contribution in [0.4, 0.5) is 0 Å². The fraction of sp³-hybridized carbons (Fsp3) is 0.571. The van der Waals surface area contributed by atoms with E-state index in [-0.39, 0.29) is 0 Å². The maximum atomic E-state index is 5.94. The Morgan fingerprint density at radius 3 is 2.62 bits per heavy atom. The van der Waals surface area contributed by atoms with Gasteiger partial charge in [0.1, 0.15) is 5.75 Å². The lowest BCUT2D eigenvalue weighted by molar-refractivity contribution is 0.130. The van der Waals surface area contributed by atoms with Gasteiger partial charge in [-0.2, -0.15) is 0 Å². The Morgan fingerprint density at radius 1 is 1.25 bits per heavy atom. The second-order valence-corrected chi connectivity index (χ2v) is 5.06. The summed E-state index contributed by atoms with van der Waals surface area (Å²) >= 11 is 5.93. The van der Waals surface area contributed by atoms with Gasteiger partial charge in [-0.25, -0.2) is 0 Å². The first-order valence-corrected chi connectivity index (χ1v) is 6.58. The van der Waals surface area contributed by atoms with Gasteiger partial charge in [-0.15, -0.1) is 0 Å². The van der Waals surface area contributed by atoms with Gasteiger partial charge >= 0.3 is 0 Å². The van der Waals surface area contributed by atoms with Crippen LogP contribution >= 0.6 is 11.6 Å². The molecule has 16 heavy (non-hydrogen) atoms. The van der Waals surface area contributed by atoms with E-state index in [1.165, 1.54) is 32.1 Å². The second kappa shape index (κ2) is 5.58. The number of rotatable bonds is 3. The molecule has 0 N–H and O–H groups in total. The fourth-order valence-corrected chi connectivity index (χ4v) is 2.57. The van der Waals surface area contributed by atoms with Gasteiger partial charge in [0, 0.05) is 5.02 Å². The van der Waals surface area contributed by atoms with Crippen molar-refractivity contribution in [3.63, 3.8) is 0 Å². The van der Waals surface area contributed by atoms with Crippen LogP contribution in [0.1, 0.15) is 39.0 Å². The molecule has 88 valence electrons. The zero-order valence-electron chi connectivity index (χ0n) is 9.79. The number of benzene rings is 1. The quantitative estimate of drug-likeness (QED) is 0.743. The highest BCUT2D eigenvalue weighted by Crippen LogP contribution is 2.29. The largest absolute Gasteiger partial charge is 0.490 e. The average Bonchev–Trinajstić information content (AvgIpc) is 2.30. The van der Waals surface area contributed by atoms with Crippen molar-refractivity contribution in [2.45, 2.75) is 45.1 Å². The Morgan fingerprint density at radius 2 is 2.00 bits per heavy atom. The molecular weight excluding hydrogens is 220 g/mol. The molecule has 1 aliphatic rings. The smallest absolute Gasteiger partial charge is 0.121 e. The molecule has 0 atom stereocenters. The van der Waals surface area contributed by atoms with Crippen LogP contribution in [0.25, 0.3) is 0 Å². The third kappa shape index (κ3) is 3.15. The van der Waals surface area contributed by atoms with E-state index in [0.29, 0.717) is 6.10 Å². The molecule has 2 heteroatoms.